The molecule has 0 aliphatic carbocycles. The molecule has 0 atom stereocenters. The number of fused-ring (bicyclic) bond motifs is 1. The van der Waals surface area contributed by atoms with Crippen LogP contribution in [0.15, 0.2) is 108 Å². The van der Waals surface area contributed by atoms with Gasteiger partial charge in [0.1, 0.15) is 23.3 Å². The minimum absolute atomic E-state index is 0.0646. The Bertz CT molecular complexity index is 2270. The molecule has 0 aliphatic rings. The van der Waals surface area contributed by atoms with Crippen molar-refractivity contribution in [2.24, 2.45) is 0 Å². The van der Waals surface area contributed by atoms with Gasteiger partial charge in [-0.05, 0) is 72.1 Å². The lowest BCUT2D eigenvalue weighted by Crippen LogP contribution is -2.41. The van der Waals surface area contributed by atoms with Crippen LogP contribution in [0.5, 0.6) is 0 Å². The second-order valence-corrected chi connectivity index (χ2v) is 20.0. The number of benzene rings is 3. The highest BCUT2D eigenvalue weighted by Crippen LogP contribution is 2.41. The smallest absolute Gasteiger partial charge is 0.269 e. The summed E-state index contributed by atoms with van der Waals surface area (Å²) in [7, 11) is -6.06. The summed E-state index contributed by atoms with van der Waals surface area (Å²) >= 11 is 0. The van der Waals surface area contributed by atoms with Crippen LogP contribution in [-0.4, -0.2) is 42.1 Å². The van der Waals surface area contributed by atoms with Crippen LogP contribution in [0.2, 0.25) is 18.1 Å². The number of aryl methyl sites for hydroxylation is 1. The molecule has 0 fully saturated rings. The molecule has 0 saturated heterocycles. The van der Waals surface area contributed by atoms with Crippen LogP contribution in [-0.2, 0) is 21.0 Å². The van der Waals surface area contributed by atoms with Crippen molar-refractivity contribution in [1.29, 1.82) is 5.26 Å². The summed E-state index contributed by atoms with van der Waals surface area (Å²) in [5.74, 6) is -0.402. The molecule has 3 heterocycles. The van der Waals surface area contributed by atoms with E-state index in [1.165, 1.54) is 16.1 Å². The van der Waals surface area contributed by atoms with Gasteiger partial charge < -0.3 is 4.43 Å². The first-order chi connectivity index (χ1) is 23.3. The van der Waals surface area contributed by atoms with Gasteiger partial charge in [-0.15, -0.1) is 0 Å². The van der Waals surface area contributed by atoms with Gasteiger partial charge in [-0.25, -0.2) is 21.8 Å². The van der Waals surface area contributed by atoms with E-state index < -0.39 is 24.2 Å². The number of hydrogen-bond acceptors (Lipinski definition) is 6. The van der Waals surface area contributed by atoms with Crippen LogP contribution >= 0.6 is 0 Å². The van der Waals surface area contributed by atoms with Crippen LogP contribution in [0.4, 0.5) is 4.39 Å². The molecule has 0 bridgehead atoms. The monoisotopic (exact) mass is 691 g/mol. The molecule has 6 aromatic rings. The number of hydrogen-bond donors (Lipinski definition) is 0. The second-order valence-electron chi connectivity index (χ2n) is 13.5. The van der Waals surface area contributed by atoms with E-state index in [4.69, 9.17) is 9.52 Å². The van der Waals surface area contributed by atoms with E-state index in [1.54, 1.807) is 65.5 Å². The highest BCUT2D eigenvalue weighted by atomic mass is 32.2. The zero-order valence-corrected chi connectivity index (χ0v) is 30.0. The minimum atomic E-state index is -4.09. The number of pyridine rings is 1. The maximum absolute atomic E-state index is 14.3. The van der Waals surface area contributed by atoms with Gasteiger partial charge in [0, 0.05) is 35.9 Å². The molecule has 0 spiro atoms. The Morgan fingerprint density at radius 1 is 0.918 bits per heavy atom. The molecule has 8 nitrogen and oxygen atoms in total. The summed E-state index contributed by atoms with van der Waals surface area (Å²) in [5, 5.41) is 16.1. The number of nitriles is 1. The van der Waals surface area contributed by atoms with Gasteiger partial charge >= 0.3 is 0 Å². The molecule has 49 heavy (non-hydrogen) atoms. The fourth-order valence-corrected chi connectivity index (χ4v) is 8.20. The molecular weight excluding hydrogens is 654 g/mol. The summed E-state index contributed by atoms with van der Waals surface area (Å²) in [6.07, 6.45) is 2.18. The molecule has 0 aliphatic heterocycles. The molecule has 0 radical (unpaired) electrons. The Morgan fingerprint density at radius 2 is 1.57 bits per heavy atom. The van der Waals surface area contributed by atoms with Crippen molar-refractivity contribution in [1.82, 2.24) is 18.7 Å². The van der Waals surface area contributed by atoms with E-state index in [0.717, 1.165) is 0 Å². The molecular formula is C38H38FN5O3SSi. The van der Waals surface area contributed by atoms with Gasteiger partial charge in [-0.3, -0.25) is 4.68 Å². The van der Waals surface area contributed by atoms with Crippen LogP contribution in [0, 0.1) is 17.1 Å². The van der Waals surface area contributed by atoms with Crippen LogP contribution in [0.3, 0.4) is 0 Å². The Hall–Kier alpha value is -4.89. The topological polar surface area (TPSA) is 103 Å². The SMILES string of the molecule is CC(C)(C)[Si](C)(C)OCCCn1nc(-c2ccnc3c2cc(-c2ccccc2)n3S(=O)(=O)c2ccccc2)c(-c2ccc(F)cc2)c1C#N. The van der Waals surface area contributed by atoms with Gasteiger partial charge in [0.25, 0.3) is 10.0 Å². The molecule has 11 heteroatoms. The van der Waals surface area contributed by atoms with Crippen molar-refractivity contribution in [3.8, 4) is 39.7 Å². The number of halogens is 1. The standard InChI is InChI=1S/C38H38FN5O3SSi/c1-38(2,3)49(4,5)47-24-12-23-43-34(26-40)35(28-17-19-29(39)20-18-28)36(42-43)31-21-22-41-37-32(31)25-33(27-13-8-6-9-14-27)44(37)48(45,46)30-15-10-7-11-16-30/h6-11,13-22,25H,12,23-24H2,1-5H3. The van der Waals surface area contributed by atoms with Crippen LogP contribution in [0.1, 0.15) is 32.9 Å². The van der Waals surface area contributed by atoms with Gasteiger partial charge in [0.15, 0.2) is 14.0 Å². The van der Waals surface area contributed by atoms with Gasteiger partial charge in [0.05, 0.1) is 10.6 Å². The van der Waals surface area contributed by atoms with Crippen LogP contribution < -0.4 is 0 Å². The highest BCUT2D eigenvalue weighted by Gasteiger charge is 2.37. The van der Waals surface area contributed by atoms with Crippen molar-refractivity contribution >= 4 is 29.4 Å². The normalized spacial score (nSPS) is 12.3. The van der Waals surface area contributed by atoms with Gasteiger partial charge in [-0.1, -0.05) is 81.4 Å². The number of rotatable bonds is 10. The predicted octanol–water partition coefficient (Wildman–Crippen LogP) is 8.89. The fraction of sp³-hybridized carbons (Fsp3) is 0.237. The van der Waals surface area contributed by atoms with E-state index in [-0.39, 0.29) is 15.6 Å². The number of nitrogens with zero attached hydrogens (tertiary/aromatic N) is 5. The Morgan fingerprint density at radius 3 is 2.20 bits per heavy atom. The summed E-state index contributed by atoms with van der Waals surface area (Å²) < 4.78 is 52.0. The Labute approximate surface area is 287 Å². The Balaban J connectivity index is 1.54. The average Bonchev–Trinajstić information content (AvgIpc) is 3.67. The molecule has 3 aromatic carbocycles. The molecule has 6 rings (SSSR count). The second kappa shape index (κ2) is 13.2. The third-order valence-corrected chi connectivity index (χ3v) is 15.5. The minimum Gasteiger partial charge on any atom is -0.417 e. The van der Waals surface area contributed by atoms with Crippen molar-refractivity contribution in [2.75, 3.05) is 6.61 Å². The Kier molecular flexibility index (Phi) is 9.15. The predicted molar refractivity (Wildman–Crippen MR) is 193 cm³/mol. The largest absolute Gasteiger partial charge is 0.417 e. The lowest BCUT2D eigenvalue weighted by molar-refractivity contribution is 0.272. The van der Waals surface area contributed by atoms with Crippen molar-refractivity contribution in [2.45, 2.75) is 56.8 Å². The molecule has 0 unspecified atom stereocenters. The molecule has 0 saturated carbocycles. The zero-order chi connectivity index (χ0) is 35.0. The van der Waals surface area contributed by atoms with Gasteiger partial charge in [0.2, 0.25) is 0 Å². The zero-order valence-electron chi connectivity index (χ0n) is 28.2. The van der Waals surface area contributed by atoms with E-state index in [1.807, 2.05) is 30.3 Å². The summed E-state index contributed by atoms with van der Waals surface area (Å²) in [6.45, 7) is 11.9. The fourth-order valence-electron chi connectivity index (χ4n) is 5.61. The van der Waals surface area contributed by atoms with Crippen molar-refractivity contribution in [3.05, 3.63) is 115 Å². The average molecular weight is 692 g/mol. The van der Waals surface area contributed by atoms with E-state index in [2.05, 4.69) is 44.9 Å². The maximum atomic E-state index is 14.3. The van der Waals surface area contributed by atoms with E-state index in [0.29, 0.717) is 64.3 Å². The summed E-state index contributed by atoms with van der Waals surface area (Å²) in [4.78, 5) is 4.72. The maximum Gasteiger partial charge on any atom is 0.269 e. The van der Waals surface area contributed by atoms with E-state index in [9.17, 15) is 18.1 Å². The first-order valence-electron chi connectivity index (χ1n) is 16.1. The first kappa shape index (κ1) is 34.0. The third kappa shape index (κ3) is 6.47. The quantitative estimate of drug-likeness (QED) is 0.105. The lowest BCUT2D eigenvalue weighted by Gasteiger charge is -2.36. The molecule has 250 valence electrons. The molecule has 0 N–H and O–H groups in total. The van der Waals surface area contributed by atoms with Crippen LogP contribution in [0.25, 0.3) is 44.7 Å². The van der Waals surface area contributed by atoms with Gasteiger partial charge in [-0.2, -0.15) is 10.4 Å². The van der Waals surface area contributed by atoms with E-state index >= 15 is 0 Å². The van der Waals surface area contributed by atoms with Crippen molar-refractivity contribution < 1.29 is 17.2 Å². The summed E-state index contributed by atoms with van der Waals surface area (Å²) in [5.41, 5.74) is 3.87. The van der Waals surface area contributed by atoms with Crippen molar-refractivity contribution in [3.63, 3.8) is 0 Å². The highest BCUT2D eigenvalue weighted by molar-refractivity contribution is 7.90. The molecule has 3 aromatic heterocycles. The number of aromatic nitrogens is 4. The third-order valence-electron chi connectivity index (χ3n) is 9.24. The lowest BCUT2D eigenvalue weighted by atomic mass is 9.98. The summed E-state index contributed by atoms with van der Waals surface area (Å²) in [6, 6.07) is 29.4. The first-order valence-corrected chi connectivity index (χ1v) is 20.5. The molecule has 0 amide bonds.